The third-order valence-electron chi connectivity index (χ3n) is 5.77. The summed E-state index contributed by atoms with van der Waals surface area (Å²) in [6.45, 7) is -0.125. The van der Waals surface area contributed by atoms with Crippen molar-refractivity contribution in [2.45, 2.75) is 49.5 Å². The molecule has 172 valence electrons. The Bertz CT molecular complexity index is 948. The molecule has 6 atom stereocenters. The van der Waals surface area contributed by atoms with Crippen molar-refractivity contribution < 1.29 is 39.4 Å². The lowest BCUT2D eigenvalue weighted by Crippen LogP contribution is -2.55. The molecule has 0 saturated carbocycles. The summed E-state index contributed by atoms with van der Waals surface area (Å²) in [5.41, 5.74) is 2.29. The molecule has 0 spiro atoms. The summed E-state index contributed by atoms with van der Waals surface area (Å²) in [4.78, 5) is 11.6. The molecular formula is C23H25ClO8. The van der Waals surface area contributed by atoms with E-state index in [4.69, 9.17) is 25.8 Å². The highest BCUT2D eigenvalue weighted by Gasteiger charge is 2.44. The van der Waals surface area contributed by atoms with Gasteiger partial charge in [0.15, 0.2) is 6.10 Å². The van der Waals surface area contributed by atoms with Crippen molar-refractivity contribution in [1.29, 1.82) is 0 Å². The lowest BCUT2D eigenvalue weighted by atomic mass is 9.90. The van der Waals surface area contributed by atoms with Crippen LogP contribution < -0.4 is 4.74 Å². The van der Waals surface area contributed by atoms with Gasteiger partial charge in [0.25, 0.3) is 0 Å². The average molecular weight is 465 g/mol. The predicted octanol–water partition coefficient (Wildman–Crippen LogP) is 1.14. The highest BCUT2D eigenvalue weighted by atomic mass is 35.5. The number of hydrogen-bond donors (Lipinski definition) is 4. The molecule has 0 bridgehead atoms. The van der Waals surface area contributed by atoms with E-state index in [2.05, 4.69) is 0 Å². The number of ether oxygens (including phenoxy) is 3. The van der Waals surface area contributed by atoms with Gasteiger partial charge in [0.2, 0.25) is 0 Å². The van der Waals surface area contributed by atoms with E-state index in [1.54, 1.807) is 30.3 Å². The molecule has 4 rings (SSSR count). The molecule has 0 amide bonds. The van der Waals surface area contributed by atoms with Gasteiger partial charge in [-0.05, 0) is 41.3 Å². The van der Waals surface area contributed by atoms with Crippen molar-refractivity contribution in [3.8, 4) is 5.75 Å². The molecule has 2 aromatic carbocycles. The molecular weight excluding hydrogens is 440 g/mol. The quantitative estimate of drug-likeness (QED) is 0.469. The van der Waals surface area contributed by atoms with Crippen LogP contribution in [0.3, 0.4) is 0 Å². The fourth-order valence-electron chi connectivity index (χ4n) is 3.94. The number of rotatable bonds is 6. The standard InChI is InChI=1S/C23H25ClO8/c24-16-6-3-13(22-21(28)20(27)19(26)18(11-25)32-22)10-14(16)9-12-1-4-15(5-2-12)31-17-7-8-30-23(17)29/h1-6,10,17-22,25-28H,7-9,11H2/t17?,18-,19-,20+,21-,22+/m1/s1. The Labute approximate surface area is 189 Å². The summed E-state index contributed by atoms with van der Waals surface area (Å²) < 4.78 is 16.2. The van der Waals surface area contributed by atoms with Crippen molar-refractivity contribution >= 4 is 17.6 Å². The van der Waals surface area contributed by atoms with Crippen LogP contribution in [-0.4, -0.2) is 70.1 Å². The number of halogens is 1. The zero-order valence-corrected chi connectivity index (χ0v) is 17.9. The van der Waals surface area contributed by atoms with Crippen LogP contribution in [0.2, 0.25) is 5.02 Å². The van der Waals surface area contributed by atoms with Gasteiger partial charge in [-0.3, -0.25) is 0 Å². The van der Waals surface area contributed by atoms with Gasteiger partial charge < -0.3 is 34.6 Å². The molecule has 4 N–H and O–H groups in total. The molecule has 2 heterocycles. The number of aliphatic hydroxyl groups excluding tert-OH is 4. The molecule has 2 aliphatic rings. The number of carbonyl (C=O) groups excluding carboxylic acids is 1. The number of carbonyl (C=O) groups is 1. The molecule has 2 aliphatic heterocycles. The highest BCUT2D eigenvalue weighted by molar-refractivity contribution is 6.31. The minimum atomic E-state index is -1.45. The molecule has 1 unspecified atom stereocenters. The molecule has 32 heavy (non-hydrogen) atoms. The first-order valence-corrected chi connectivity index (χ1v) is 10.8. The first-order valence-electron chi connectivity index (χ1n) is 10.4. The van der Waals surface area contributed by atoms with E-state index in [0.29, 0.717) is 35.8 Å². The number of aliphatic hydroxyl groups is 4. The van der Waals surface area contributed by atoms with Crippen molar-refractivity contribution in [3.63, 3.8) is 0 Å². The van der Waals surface area contributed by atoms with E-state index in [-0.39, 0.29) is 5.97 Å². The Kier molecular flexibility index (Phi) is 6.99. The lowest BCUT2D eigenvalue weighted by molar-refractivity contribution is -0.231. The van der Waals surface area contributed by atoms with E-state index in [9.17, 15) is 25.2 Å². The molecule has 0 aromatic heterocycles. The predicted molar refractivity (Wildman–Crippen MR) is 113 cm³/mol. The molecule has 2 fully saturated rings. The Hall–Kier alpha value is -2.20. The van der Waals surface area contributed by atoms with Crippen LogP contribution in [0.15, 0.2) is 42.5 Å². The molecule has 9 heteroatoms. The van der Waals surface area contributed by atoms with Gasteiger partial charge in [0, 0.05) is 11.4 Å². The number of cyclic esters (lactones) is 1. The first-order chi connectivity index (χ1) is 15.4. The van der Waals surface area contributed by atoms with Crippen LogP contribution in [0.25, 0.3) is 0 Å². The maximum Gasteiger partial charge on any atom is 0.347 e. The zero-order valence-electron chi connectivity index (χ0n) is 17.1. The van der Waals surface area contributed by atoms with Gasteiger partial charge in [-0.15, -0.1) is 0 Å². The van der Waals surface area contributed by atoms with Crippen molar-refractivity contribution in [2.75, 3.05) is 13.2 Å². The SMILES string of the molecule is O=C1OCCC1Oc1ccc(Cc2cc([C@@H]3O[C@H](CO)[C@@H](O)[C@H](O)[C@H]3O)ccc2Cl)cc1. The highest BCUT2D eigenvalue weighted by Crippen LogP contribution is 2.34. The average Bonchev–Trinajstić information content (AvgIpc) is 3.19. The maximum absolute atomic E-state index is 11.6. The van der Waals surface area contributed by atoms with Crippen molar-refractivity contribution in [3.05, 3.63) is 64.2 Å². The second kappa shape index (κ2) is 9.74. The molecule has 8 nitrogen and oxygen atoms in total. The van der Waals surface area contributed by atoms with Crippen LogP contribution in [-0.2, 0) is 20.7 Å². The zero-order chi connectivity index (χ0) is 22.8. The Morgan fingerprint density at radius 1 is 1.03 bits per heavy atom. The largest absolute Gasteiger partial charge is 0.479 e. The van der Waals surface area contributed by atoms with Crippen LogP contribution in [0, 0.1) is 0 Å². The van der Waals surface area contributed by atoms with Crippen molar-refractivity contribution in [1.82, 2.24) is 0 Å². The lowest BCUT2D eigenvalue weighted by Gasteiger charge is -2.40. The number of benzene rings is 2. The van der Waals surface area contributed by atoms with Gasteiger partial charge in [-0.1, -0.05) is 35.9 Å². The second-order valence-electron chi connectivity index (χ2n) is 7.98. The van der Waals surface area contributed by atoms with E-state index in [1.807, 2.05) is 12.1 Å². The monoisotopic (exact) mass is 464 g/mol. The van der Waals surface area contributed by atoms with Crippen LogP contribution in [0.5, 0.6) is 5.75 Å². The van der Waals surface area contributed by atoms with Gasteiger partial charge in [0.05, 0.1) is 13.2 Å². The Morgan fingerprint density at radius 2 is 1.78 bits per heavy atom. The van der Waals surface area contributed by atoms with Gasteiger partial charge in [-0.25, -0.2) is 4.79 Å². The van der Waals surface area contributed by atoms with Crippen LogP contribution >= 0.6 is 11.6 Å². The molecule has 0 radical (unpaired) electrons. The fraction of sp³-hybridized carbons (Fsp3) is 0.435. The number of esters is 1. The topological polar surface area (TPSA) is 126 Å². The Balaban J connectivity index is 1.49. The molecule has 2 saturated heterocycles. The molecule has 2 aromatic rings. The third kappa shape index (κ3) is 4.76. The number of hydrogen-bond acceptors (Lipinski definition) is 8. The fourth-order valence-corrected chi connectivity index (χ4v) is 4.12. The summed E-state index contributed by atoms with van der Waals surface area (Å²) in [5.74, 6) is 0.213. The minimum absolute atomic E-state index is 0.356. The van der Waals surface area contributed by atoms with Crippen LogP contribution in [0.1, 0.15) is 29.2 Å². The third-order valence-corrected chi connectivity index (χ3v) is 6.14. The summed E-state index contributed by atoms with van der Waals surface area (Å²) in [5, 5.41) is 40.4. The van der Waals surface area contributed by atoms with Crippen LogP contribution in [0.4, 0.5) is 0 Å². The Morgan fingerprint density at radius 3 is 2.44 bits per heavy atom. The second-order valence-corrected chi connectivity index (χ2v) is 8.39. The van der Waals surface area contributed by atoms with Gasteiger partial charge >= 0.3 is 5.97 Å². The van der Waals surface area contributed by atoms with E-state index in [1.165, 1.54) is 0 Å². The maximum atomic E-state index is 11.6. The summed E-state index contributed by atoms with van der Waals surface area (Å²) >= 11 is 6.38. The molecule has 0 aliphatic carbocycles. The van der Waals surface area contributed by atoms with Gasteiger partial charge in [-0.2, -0.15) is 0 Å². The van der Waals surface area contributed by atoms with E-state index in [0.717, 1.165) is 11.1 Å². The first kappa shape index (κ1) is 23.0. The summed E-state index contributed by atoms with van der Waals surface area (Å²) in [7, 11) is 0. The normalized spacial score (nSPS) is 30.2. The minimum Gasteiger partial charge on any atom is -0.479 e. The van der Waals surface area contributed by atoms with Gasteiger partial charge in [0.1, 0.15) is 36.3 Å². The summed E-state index contributed by atoms with van der Waals surface area (Å²) in [6.07, 6.45) is -5.70. The van der Waals surface area contributed by atoms with E-state index < -0.39 is 43.2 Å². The smallest absolute Gasteiger partial charge is 0.347 e. The van der Waals surface area contributed by atoms with Crippen molar-refractivity contribution in [2.24, 2.45) is 0 Å². The van der Waals surface area contributed by atoms with E-state index >= 15 is 0 Å². The summed E-state index contributed by atoms with van der Waals surface area (Å²) in [6, 6.07) is 12.4.